The van der Waals surface area contributed by atoms with Crippen LogP contribution in [-0.2, 0) is 0 Å². The number of tetrazole rings is 1. The Bertz CT molecular complexity index is 905. The summed E-state index contributed by atoms with van der Waals surface area (Å²) in [4.78, 5) is 12.9. The second kappa shape index (κ2) is 7.19. The Balaban J connectivity index is 1.84. The highest BCUT2D eigenvalue weighted by atomic mass is 32.2. The SMILES string of the molecule is Cc1cc(C)c(C(=O)C(C)Sc2nnnn2-c2ccccc2)cc1C. The molecule has 2 aromatic carbocycles. The molecule has 0 amide bonds. The fraction of sp³-hybridized carbons (Fsp3) is 0.263. The highest BCUT2D eigenvalue weighted by Gasteiger charge is 2.22. The molecule has 3 aromatic rings. The molecular weight excluding hydrogens is 332 g/mol. The number of hydrogen-bond acceptors (Lipinski definition) is 5. The molecule has 0 radical (unpaired) electrons. The minimum atomic E-state index is -0.283. The first kappa shape index (κ1) is 17.4. The molecule has 3 rings (SSSR count). The van der Waals surface area contributed by atoms with Crippen LogP contribution < -0.4 is 0 Å². The second-order valence-electron chi connectivity index (χ2n) is 6.08. The number of carbonyl (C=O) groups excluding carboxylic acids is 1. The molecule has 0 aliphatic carbocycles. The summed E-state index contributed by atoms with van der Waals surface area (Å²) >= 11 is 1.37. The summed E-state index contributed by atoms with van der Waals surface area (Å²) in [6.07, 6.45) is 0. The number of rotatable bonds is 5. The van der Waals surface area contributed by atoms with Gasteiger partial charge in [0.1, 0.15) is 0 Å². The number of Topliss-reactive ketones (excluding diaryl/α,β-unsaturated/α-hetero) is 1. The first-order chi connectivity index (χ1) is 12.0. The molecule has 0 aliphatic heterocycles. The van der Waals surface area contributed by atoms with E-state index in [-0.39, 0.29) is 11.0 Å². The van der Waals surface area contributed by atoms with E-state index in [0.717, 1.165) is 22.4 Å². The third-order valence-corrected chi connectivity index (χ3v) is 5.23. The first-order valence-corrected chi connectivity index (χ1v) is 8.98. The predicted molar refractivity (Wildman–Crippen MR) is 99.5 cm³/mol. The summed E-state index contributed by atoms with van der Waals surface area (Å²) in [6.45, 7) is 7.96. The molecule has 0 spiro atoms. The number of aromatic nitrogens is 4. The lowest BCUT2D eigenvalue weighted by Gasteiger charge is -2.13. The number of ketones is 1. The molecule has 0 aliphatic rings. The van der Waals surface area contributed by atoms with Crippen LogP contribution in [0.25, 0.3) is 5.69 Å². The van der Waals surface area contributed by atoms with Gasteiger partial charge in [0, 0.05) is 5.56 Å². The molecular formula is C19H20N4OS. The summed E-state index contributed by atoms with van der Waals surface area (Å²) in [5.74, 6) is 0.0909. The van der Waals surface area contributed by atoms with E-state index in [1.807, 2.05) is 57.2 Å². The molecule has 1 atom stereocenters. The second-order valence-corrected chi connectivity index (χ2v) is 7.39. The van der Waals surface area contributed by atoms with Gasteiger partial charge in [-0.3, -0.25) is 4.79 Å². The lowest BCUT2D eigenvalue weighted by molar-refractivity contribution is 0.0993. The van der Waals surface area contributed by atoms with Gasteiger partial charge in [0.05, 0.1) is 10.9 Å². The lowest BCUT2D eigenvalue weighted by Crippen LogP contribution is -2.16. The van der Waals surface area contributed by atoms with Crippen molar-refractivity contribution in [3.05, 3.63) is 64.7 Å². The van der Waals surface area contributed by atoms with Gasteiger partial charge in [-0.1, -0.05) is 36.0 Å². The minimum absolute atomic E-state index is 0.0909. The molecule has 1 unspecified atom stereocenters. The van der Waals surface area contributed by atoms with Crippen molar-refractivity contribution in [2.75, 3.05) is 0 Å². The standard InChI is InChI=1S/C19H20N4OS/c1-12-10-14(3)17(11-13(12)2)18(24)15(4)25-19-20-21-22-23(19)16-8-6-5-7-9-16/h5-11,15H,1-4H3. The molecule has 0 saturated heterocycles. The fourth-order valence-corrected chi connectivity index (χ4v) is 3.52. The number of benzene rings is 2. The molecule has 1 aromatic heterocycles. The maximum atomic E-state index is 12.9. The van der Waals surface area contributed by atoms with Crippen molar-refractivity contribution in [3.8, 4) is 5.69 Å². The van der Waals surface area contributed by atoms with E-state index in [0.29, 0.717) is 5.16 Å². The topological polar surface area (TPSA) is 60.7 Å². The van der Waals surface area contributed by atoms with Crippen molar-refractivity contribution >= 4 is 17.5 Å². The molecule has 1 heterocycles. The number of nitrogens with zero attached hydrogens (tertiary/aromatic N) is 4. The molecule has 0 bridgehead atoms. The van der Waals surface area contributed by atoms with E-state index in [1.165, 1.54) is 17.3 Å². The van der Waals surface area contributed by atoms with Crippen LogP contribution in [0.2, 0.25) is 0 Å². The van der Waals surface area contributed by atoms with Crippen molar-refractivity contribution < 1.29 is 4.79 Å². The van der Waals surface area contributed by atoms with Gasteiger partial charge in [0.2, 0.25) is 5.16 Å². The number of para-hydroxylation sites is 1. The van der Waals surface area contributed by atoms with Crippen molar-refractivity contribution in [3.63, 3.8) is 0 Å². The quantitative estimate of drug-likeness (QED) is 0.514. The molecule has 25 heavy (non-hydrogen) atoms. The van der Waals surface area contributed by atoms with Crippen molar-refractivity contribution in [2.24, 2.45) is 0 Å². The smallest absolute Gasteiger partial charge is 0.214 e. The number of thioether (sulfide) groups is 1. The monoisotopic (exact) mass is 352 g/mol. The number of carbonyl (C=O) groups is 1. The molecule has 0 saturated carbocycles. The fourth-order valence-electron chi connectivity index (χ4n) is 2.64. The molecule has 0 fully saturated rings. The largest absolute Gasteiger partial charge is 0.293 e. The van der Waals surface area contributed by atoms with Gasteiger partial charge in [0.15, 0.2) is 5.78 Å². The Labute approximate surface area is 151 Å². The molecule has 128 valence electrons. The van der Waals surface area contributed by atoms with Crippen LogP contribution in [0, 0.1) is 20.8 Å². The zero-order valence-corrected chi connectivity index (χ0v) is 15.5. The van der Waals surface area contributed by atoms with Gasteiger partial charge in [-0.25, -0.2) is 0 Å². The van der Waals surface area contributed by atoms with Gasteiger partial charge < -0.3 is 0 Å². The van der Waals surface area contributed by atoms with Gasteiger partial charge in [-0.05, 0) is 73.0 Å². The van der Waals surface area contributed by atoms with Crippen LogP contribution in [-0.4, -0.2) is 31.2 Å². The van der Waals surface area contributed by atoms with E-state index in [1.54, 1.807) is 4.68 Å². The van der Waals surface area contributed by atoms with Gasteiger partial charge in [0.25, 0.3) is 0 Å². The number of hydrogen-bond donors (Lipinski definition) is 0. The van der Waals surface area contributed by atoms with Gasteiger partial charge in [-0.2, -0.15) is 4.68 Å². The zero-order chi connectivity index (χ0) is 18.0. The van der Waals surface area contributed by atoms with E-state index >= 15 is 0 Å². The summed E-state index contributed by atoms with van der Waals surface area (Å²) in [7, 11) is 0. The average Bonchev–Trinajstić information content (AvgIpc) is 3.06. The van der Waals surface area contributed by atoms with Gasteiger partial charge in [-0.15, -0.1) is 5.10 Å². The van der Waals surface area contributed by atoms with E-state index in [2.05, 4.69) is 28.5 Å². The van der Waals surface area contributed by atoms with Gasteiger partial charge >= 0.3 is 0 Å². The zero-order valence-electron chi connectivity index (χ0n) is 14.7. The summed E-state index contributed by atoms with van der Waals surface area (Å²) in [5, 5.41) is 12.2. The van der Waals surface area contributed by atoms with Crippen LogP contribution >= 0.6 is 11.8 Å². The van der Waals surface area contributed by atoms with Crippen molar-refractivity contribution in [1.82, 2.24) is 20.2 Å². The van der Waals surface area contributed by atoms with Crippen LogP contribution in [0.1, 0.15) is 34.0 Å². The van der Waals surface area contributed by atoms with Crippen molar-refractivity contribution in [2.45, 2.75) is 38.1 Å². The molecule has 6 heteroatoms. The highest BCUT2D eigenvalue weighted by Crippen LogP contribution is 2.27. The molecule has 5 nitrogen and oxygen atoms in total. The van der Waals surface area contributed by atoms with Crippen LogP contribution in [0.3, 0.4) is 0 Å². The summed E-state index contributed by atoms with van der Waals surface area (Å²) < 4.78 is 1.65. The van der Waals surface area contributed by atoms with E-state index < -0.39 is 0 Å². The average molecular weight is 352 g/mol. The maximum absolute atomic E-state index is 12.9. The summed E-state index contributed by atoms with van der Waals surface area (Å²) in [6, 6.07) is 13.7. The predicted octanol–water partition coefficient (Wildman–Crippen LogP) is 3.95. The Kier molecular flexibility index (Phi) is 4.99. The molecule has 0 N–H and O–H groups in total. The van der Waals surface area contributed by atoms with Crippen LogP contribution in [0.5, 0.6) is 0 Å². The third-order valence-electron chi connectivity index (χ3n) is 4.20. The highest BCUT2D eigenvalue weighted by molar-refractivity contribution is 8.00. The normalized spacial score (nSPS) is 12.2. The van der Waals surface area contributed by atoms with Crippen molar-refractivity contribution in [1.29, 1.82) is 0 Å². The van der Waals surface area contributed by atoms with E-state index in [4.69, 9.17) is 0 Å². The summed E-state index contributed by atoms with van der Waals surface area (Å²) in [5.41, 5.74) is 4.96. The van der Waals surface area contributed by atoms with E-state index in [9.17, 15) is 4.79 Å². The number of aryl methyl sites for hydroxylation is 3. The van der Waals surface area contributed by atoms with Crippen LogP contribution in [0.15, 0.2) is 47.6 Å². The minimum Gasteiger partial charge on any atom is -0.293 e. The third kappa shape index (κ3) is 3.64. The van der Waals surface area contributed by atoms with Crippen LogP contribution in [0.4, 0.5) is 0 Å². The maximum Gasteiger partial charge on any atom is 0.214 e. The lowest BCUT2D eigenvalue weighted by atomic mass is 9.97. The Morgan fingerprint density at radius 1 is 1.04 bits per heavy atom. The first-order valence-electron chi connectivity index (χ1n) is 8.10. The Hall–Kier alpha value is -2.47. The Morgan fingerprint density at radius 2 is 1.72 bits per heavy atom. The Morgan fingerprint density at radius 3 is 2.44 bits per heavy atom.